The summed E-state index contributed by atoms with van der Waals surface area (Å²) in [6.45, 7) is 0. The van der Waals surface area contributed by atoms with Crippen LogP contribution in [0, 0.1) is 17.5 Å². The number of benzene rings is 2. The molecule has 1 nitrogen and oxygen atoms in total. The van der Waals surface area contributed by atoms with Crippen LogP contribution in [0.2, 0.25) is 5.02 Å². The highest BCUT2D eigenvalue weighted by Gasteiger charge is 2.19. The smallest absolute Gasteiger partial charge is 0.165 e. The number of halogens is 5. The molecule has 0 radical (unpaired) electrons. The fourth-order valence-electron chi connectivity index (χ4n) is 1.75. The monoisotopic (exact) mass is 364 g/mol. The summed E-state index contributed by atoms with van der Waals surface area (Å²) in [7, 11) is 1.35. The van der Waals surface area contributed by atoms with E-state index < -0.39 is 22.3 Å². The number of hydrogen-bond donors (Lipinski definition) is 0. The van der Waals surface area contributed by atoms with E-state index in [-0.39, 0.29) is 16.3 Å². The molecule has 2 rings (SSSR count). The van der Waals surface area contributed by atoms with E-state index in [9.17, 15) is 13.2 Å². The third-order valence-corrected chi connectivity index (χ3v) is 4.09. The normalized spacial score (nSPS) is 12.3. The molecule has 2 aromatic carbocycles. The van der Waals surface area contributed by atoms with Gasteiger partial charge in [-0.15, -0.1) is 0 Å². The minimum Gasteiger partial charge on any atom is -0.494 e. The average molecular weight is 366 g/mol. The van der Waals surface area contributed by atoms with Crippen LogP contribution in [-0.2, 0) is 0 Å². The first-order valence-electron chi connectivity index (χ1n) is 5.56. The molecule has 0 aliphatic rings. The van der Waals surface area contributed by atoms with E-state index in [1.54, 1.807) is 6.07 Å². The van der Waals surface area contributed by atoms with Crippen LogP contribution in [0.5, 0.6) is 5.75 Å². The highest BCUT2D eigenvalue weighted by atomic mass is 79.9. The van der Waals surface area contributed by atoms with E-state index in [0.717, 1.165) is 12.1 Å². The van der Waals surface area contributed by atoms with Crippen molar-refractivity contribution in [2.24, 2.45) is 0 Å². The second kappa shape index (κ2) is 6.06. The maximum Gasteiger partial charge on any atom is 0.165 e. The van der Waals surface area contributed by atoms with E-state index in [2.05, 4.69) is 15.9 Å². The van der Waals surface area contributed by atoms with Gasteiger partial charge in [0.2, 0.25) is 0 Å². The molecule has 0 fully saturated rings. The molecule has 0 saturated heterocycles. The fraction of sp³-hybridized carbons (Fsp3) is 0.143. The zero-order valence-corrected chi connectivity index (χ0v) is 12.6. The molecule has 106 valence electrons. The highest BCUT2D eigenvalue weighted by Crippen LogP contribution is 2.35. The van der Waals surface area contributed by atoms with Crippen LogP contribution in [0.1, 0.15) is 16.0 Å². The summed E-state index contributed by atoms with van der Waals surface area (Å²) in [6.07, 6.45) is 0. The molecular weight excluding hydrogens is 357 g/mol. The third-order valence-electron chi connectivity index (χ3n) is 2.78. The Kier molecular flexibility index (Phi) is 4.60. The van der Waals surface area contributed by atoms with Crippen LogP contribution in [0.4, 0.5) is 13.2 Å². The maximum absolute atomic E-state index is 13.8. The van der Waals surface area contributed by atoms with Crippen LogP contribution in [0.3, 0.4) is 0 Å². The minimum atomic E-state index is -0.735. The first kappa shape index (κ1) is 15.2. The Balaban J connectivity index is 2.43. The van der Waals surface area contributed by atoms with Crippen molar-refractivity contribution < 1.29 is 17.9 Å². The van der Waals surface area contributed by atoms with Crippen LogP contribution >= 0.6 is 27.5 Å². The Morgan fingerprint density at radius 3 is 2.35 bits per heavy atom. The lowest BCUT2D eigenvalue weighted by Crippen LogP contribution is -1.99. The SMILES string of the molecule is COc1ccc(C(Br)c2cc(F)c(Cl)cc2F)cc1F. The molecule has 0 spiro atoms. The molecule has 0 bridgehead atoms. The largest absolute Gasteiger partial charge is 0.494 e. The summed E-state index contributed by atoms with van der Waals surface area (Å²) >= 11 is 8.72. The van der Waals surface area contributed by atoms with Gasteiger partial charge in [0.1, 0.15) is 11.6 Å². The van der Waals surface area contributed by atoms with Crippen molar-refractivity contribution in [1.82, 2.24) is 0 Å². The standard InChI is InChI=1S/C14H9BrClF3O/c1-20-13-3-2-7(4-12(13)19)14(15)8-5-11(18)9(16)6-10(8)17/h2-6,14H,1H3. The maximum atomic E-state index is 13.8. The fourth-order valence-corrected chi connectivity index (χ4v) is 2.54. The van der Waals surface area contributed by atoms with E-state index in [1.807, 2.05) is 0 Å². The zero-order valence-electron chi connectivity index (χ0n) is 10.3. The van der Waals surface area contributed by atoms with Gasteiger partial charge in [0, 0.05) is 5.56 Å². The molecule has 0 heterocycles. The van der Waals surface area contributed by atoms with Crippen molar-refractivity contribution in [3.8, 4) is 5.75 Å². The van der Waals surface area contributed by atoms with Crippen molar-refractivity contribution in [3.05, 3.63) is 63.9 Å². The molecule has 0 N–H and O–H groups in total. The van der Waals surface area contributed by atoms with Crippen LogP contribution in [0.25, 0.3) is 0 Å². The summed E-state index contributed by atoms with van der Waals surface area (Å²) in [5, 5.41) is -0.299. The molecule has 0 aromatic heterocycles. The molecular formula is C14H9BrClF3O. The Morgan fingerprint density at radius 2 is 1.75 bits per heavy atom. The number of alkyl halides is 1. The van der Waals surface area contributed by atoms with Crippen molar-refractivity contribution in [2.75, 3.05) is 7.11 Å². The van der Waals surface area contributed by atoms with Gasteiger partial charge in [0.25, 0.3) is 0 Å². The predicted molar refractivity (Wildman–Crippen MR) is 75.1 cm³/mol. The lowest BCUT2D eigenvalue weighted by atomic mass is 10.0. The summed E-state index contributed by atoms with van der Waals surface area (Å²) in [6, 6.07) is 6.06. The molecule has 2 aromatic rings. The summed E-state index contributed by atoms with van der Waals surface area (Å²) in [5.74, 6) is -1.91. The van der Waals surface area contributed by atoms with Crippen molar-refractivity contribution in [3.63, 3.8) is 0 Å². The van der Waals surface area contributed by atoms with E-state index in [0.29, 0.717) is 5.56 Å². The summed E-state index contributed by atoms with van der Waals surface area (Å²) in [4.78, 5) is -0.699. The van der Waals surface area contributed by atoms with Crippen molar-refractivity contribution in [1.29, 1.82) is 0 Å². The second-order valence-corrected chi connectivity index (χ2v) is 5.37. The highest BCUT2D eigenvalue weighted by molar-refractivity contribution is 9.09. The van der Waals surface area contributed by atoms with Gasteiger partial charge in [-0.2, -0.15) is 0 Å². The molecule has 6 heteroatoms. The van der Waals surface area contributed by atoms with Crippen LogP contribution in [0.15, 0.2) is 30.3 Å². The van der Waals surface area contributed by atoms with E-state index in [1.165, 1.54) is 19.2 Å². The Labute approximate surface area is 127 Å². The molecule has 0 aliphatic heterocycles. The Hall–Kier alpha value is -1.20. The molecule has 0 amide bonds. The second-order valence-electron chi connectivity index (χ2n) is 4.04. The Morgan fingerprint density at radius 1 is 1.05 bits per heavy atom. The van der Waals surface area contributed by atoms with Gasteiger partial charge in [0.05, 0.1) is 17.0 Å². The number of rotatable bonds is 3. The quantitative estimate of drug-likeness (QED) is 0.533. The van der Waals surface area contributed by atoms with Gasteiger partial charge in [-0.05, 0) is 29.8 Å². The van der Waals surface area contributed by atoms with Gasteiger partial charge in [0.15, 0.2) is 11.6 Å². The lowest BCUT2D eigenvalue weighted by molar-refractivity contribution is 0.386. The lowest BCUT2D eigenvalue weighted by Gasteiger charge is -2.13. The van der Waals surface area contributed by atoms with Gasteiger partial charge >= 0.3 is 0 Å². The number of hydrogen-bond acceptors (Lipinski definition) is 1. The molecule has 0 saturated carbocycles. The topological polar surface area (TPSA) is 9.23 Å². The molecule has 1 unspecified atom stereocenters. The average Bonchev–Trinajstić information content (AvgIpc) is 2.42. The van der Waals surface area contributed by atoms with Gasteiger partial charge in [-0.25, -0.2) is 13.2 Å². The number of ether oxygens (including phenoxy) is 1. The number of methoxy groups -OCH3 is 1. The van der Waals surface area contributed by atoms with E-state index >= 15 is 0 Å². The molecule has 20 heavy (non-hydrogen) atoms. The Bertz CT molecular complexity index is 649. The van der Waals surface area contributed by atoms with Crippen molar-refractivity contribution >= 4 is 27.5 Å². The van der Waals surface area contributed by atoms with Gasteiger partial charge in [-0.1, -0.05) is 33.6 Å². The third kappa shape index (κ3) is 2.94. The first-order chi connectivity index (χ1) is 9.43. The summed E-state index contributed by atoms with van der Waals surface area (Å²) in [5.41, 5.74) is 0.473. The molecule has 0 aliphatic carbocycles. The first-order valence-corrected chi connectivity index (χ1v) is 6.85. The van der Waals surface area contributed by atoms with Crippen LogP contribution in [-0.4, -0.2) is 7.11 Å². The van der Waals surface area contributed by atoms with Crippen LogP contribution < -0.4 is 4.74 Å². The predicted octanol–water partition coefficient (Wildman–Crippen LogP) is 5.25. The van der Waals surface area contributed by atoms with Gasteiger partial charge in [-0.3, -0.25) is 0 Å². The van der Waals surface area contributed by atoms with E-state index in [4.69, 9.17) is 16.3 Å². The van der Waals surface area contributed by atoms with Gasteiger partial charge < -0.3 is 4.74 Å². The minimum absolute atomic E-state index is 0.0384. The van der Waals surface area contributed by atoms with Crippen molar-refractivity contribution in [2.45, 2.75) is 4.83 Å². The zero-order chi connectivity index (χ0) is 14.9. The summed E-state index contributed by atoms with van der Waals surface area (Å²) < 4.78 is 45.7. The molecule has 1 atom stereocenters.